The molecule has 0 radical (unpaired) electrons. The Bertz CT molecular complexity index is 808. The van der Waals surface area contributed by atoms with E-state index in [1.807, 2.05) is 36.4 Å². The molecule has 4 rings (SSSR count). The van der Waals surface area contributed by atoms with Gasteiger partial charge >= 0.3 is 5.97 Å². The quantitative estimate of drug-likeness (QED) is 0.691. The molecule has 0 unspecified atom stereocenters. The van der Waals surface area contributed by atoms with Crippen LogP contribution in [0.2, 0.25) is 0 Å². The number of aromatic nitrogens is 1. The van der Waals surface area contributed by atoms with Crippen LogP contribution in [0.15, 0.2) is 40.9 Å². The second kappa shape index (κ2) is 7.52. The zero-order valence-electron chi connectivity index (χ0n) is 14.9. The van der Waals surface area contributed by atoms with Gasteiger partial charge in [0.25, 0.3) is 0 Å². The maximum Gasteiger partial charge on any atom is 0.306 e. The molecule has 7 heteroatoms. The summed E-state index contributed by atoms with van der Waals surface area (Å²) in [5.41, 5.74) is 1.84. The van der Waals surface area contributed by atoms with Crippen molar-refractivity contribution in [3.8, 4) is 11.3 Å². The van der Waals surface area contributed by atoms with Crippen molar-refractivity contribution >= 4 is 11.9 Å². The molecular weight excluding hydrogens is 346 g/mol. The molecule has 2 fully saturated rings. The number of benzene rings is 1. The molecule has 2 aliphatic rings. The lowest BCUT2D eigenvalue weighted by atomic mass is 9.77. The summed E-state index contributed by atoms with van der Waals surface area (Å²) in [4.78, 5) is 23.0. The summed E-state index contributed by atoms with van der Waals surface area (Å²) in [6.45, 7) is 0.585. The maximum absolute atomic E-state index is 12.2. The Kier molecular flexibility index (Phi) is 4.94. The third-order valence-corrected chi connectivity index (χ3v) is 5.54. The van der Waals surface area contributed by atoms with E-state index in [0.717, 1.165) is 29.9 Å². The Morgan fingerprint density at radius 3 is 2.48 bits per heavy atom. The van der Waals surface area contributed by atoms with Crippen LogP contribution < -0.4 is 10.6 Å². The number of carbonyl (C=O) groups is 2. The number of rotatable bonds is 7. The zero-order valence-corrected chi connectivity index (χ0v) is 14.9. The summed E-state index contributed by atoms with van der Waals surface area (Å²) >= 11 is 0. The van der Waals surface area contributed by atoms with Crippen LogP contribution in [0.5, 0.6) is 0 Å². The molecule has 0 aliphatic heterocycles. The van der Waals surface area contributed by atoms with E-state index in [9.17, 15) is 9.59 Å². The third kappa shape index (κ3) is 4.03. The molecule has 1 heterocycles. The minimum Gasteiger partial charge on any atom is -0.481 e. The molecule has 2 aromatic rings. The van der Waals surface area contributed by atoms with Crippen LogP contribution in [-0.4, -0.2) is 34.2 Å². The highest BCUT2D eigenvalue weighted by atomic mass is 16.5. The minimum absolute atomic E-state index is 0.0148. The van der Waals surface area contributed by atoms with E-state index < -0.39 is 5.97 Å². The number of amides is 1. The average molecular weight is 369 g/mol. The fourth-order valence-corrected chi connectivity index (χ4v) is 3.64. The molecule has 1 aromatic heterocycles. The fourth-order valence-electron chi connectivity index (χ4n) is 3.64. The first-order valence-electron chi connectivity index (χ1n) is 9.36. The van der Waals surface area contributed by atoms with Crippen LogP contribution in [0, 0.1) is 11.8 Å². The largest absolute Gasteiger partial charge is 0.481 e. The number of carbonyl (C=O) groups excluding carboxylic acids is 1. The number of hydrogen-bond acceptors (Lipinski definition) is 5. The van der Waals surface area contributed by atoms with Gasteiger partial charge in [0, 0.05) is 29.6 Å². The van der Waals surface area contributed by atoms with Gasteiger partial charge in [-0.2, -0.15) is 0 Å². The number of carboxylic acid groups (broad SMARTS) is 1. The van der Waals surface area contributed by atoms with Crippen molar-refractivity contribution in [1.82, 2.24) is 15.8 Å². The van der Waals surface area contributed by atoms with Crippen molar-refractivity contribution in [2.75, 3.05) is 0 Å². The Hall–Kier alpha value is -2.67. The van der Waals surface area contributed by atoms with Gasteiger partial charge in [-0.05, 0) is 25.7 Å². The smallest absolute Gasteiger partial charge is 0.306 e. The fraction of sp³-hybridized carbons (Fsp3) is 0.450. The van der Waals surface area contributed by atoms with Gasteiger partial charge < -0.3 is 20.3 Å². The van der Waals surface area contributed by atoms with Crippen molar-refractivity contribution < 1.29 is 19.2 Å². The van der Waals surface area contributed by atoms with Gasteiger partial charge in [-0.3, -0.25) is 9.59 Å². The molecule has 142 valence electrons. The van der Waals surface area contributed by atoms with Gasteiger partial charge in [0.1, 0.15) is 5.69 Å². The van der Waals surface area contributed by atoms with Crippen molar-refractivity contribution in [3.63, 3.8) is 0 Å². The molecule has 2 aliphatic carbocycles. The summed E-state index contributed by atoms with van der Waals surface area (Å²) < 4.78 is 5.38. The topological polar surface area (TPSA) is 104 Å². The van der Waals surface area contributed by atoms with Crippen LogP contribution in [0.3, 0.4) is 0 Å². The molecule has 0 bridgehead atoms. The lowest BCUT2D eigenvalue weighted by Gasteiger charge is -2.38. The number of hydrogen-bond donors (Lipinski definition) is 3. The molecule has 0 saturated heterocycles. The van der Waals surface area contributed by atoms with Crippen LogP contribution >= 0.6 is 0 Å². The Balaban J connectivity index is 1.16. The van der Waals surface area contributed by atoms with Crippen molar-refractivity contribution in [2.45, 2.75) is 44.3 Å². The van der Waals surface area contributed by atoms with Crippen molar-refractivity contribution in [3.05, 3.63) is 42.2 Å². The Morgan fingerprint density at radius 1 is 1.07 bits per heavy atom. The minimum atomic E-state index is -0.767. The summed E-state index contributed by atoms with van der Waals surface area (Å²) in [6, 6.07) is 12.1. The van der Waals surface area contributed by atoms with E-state index in [0.29, 0.717) is 25.4 Å². The molecule has 2 saturated carbocycles. The normalized spacial score (nSPS) is 26.7. The Morgan fingerprint density at radius 2 is 1.78 bits per heavy atom. The predicted molar refractivity (Wildman–Crippen MR) is 97.6 cm³/mol. The Labute approximate surface area is 157 Å². The third-order valence-electron chi connectivity index (χ3n) is 5.54. The van der Waals surface area contributed by atoms with Gasteiger partial charge in [0.2, 0.25) is 5.91 Å². The van der Waals surface area contributed by atoms with Gasteiger partial charge in [-0.1, -0.05) is 35.5 Å². The average Bonchev–Trinajstić information content (AvgIpc) is 3.05. The first-order chi connectivity index (χ1) is 13.1. The molecule has 1 aromatic carbocycles. The molecule has 0 atom stereocenters. The van der Waals surface area contributed by atoms with E-state index in [2.05, 4.69) is 15.8 Å². The monoisotopic (exact) mass is 369 g/mol. The lowest BCUT2D eigenvalue weighted by Crippen LogP contribution is -2.53. The van der Waals surface area contributed by atoms with E-state index in [4.69, 9.17) is 9.63 Å². The zero-order chi connectivity index (χ0) is 18.8. The number of aliphatic carboxylic acids is 1. The maximum atomic E-state index is 12.2. The van der Waals surface area contributed by atoms with E-state index in [1.54, 1.807) is 0 Å². The van der Waals surface area contributed by atoms with E-state index >= 15 is 0 Å². The second-order valence-electron chi connectivity index (χ2n) is 7.50. The molecule has 27 heavy (non-hydrogen) atoms. The predicted octanol–water partition coefficient (Wildman–Crippen LogP) is 2.19. The molecular formula is C20H23N3O4. The number of nitrogens with one attached hydrogen (secondary N) is 2. The lowest BCUT2D eigenvalue weighted by molar-refractivity contribution is -0.146. The molecule has 1 amide bonds. The van der Waals surface area contributed by atoms with Crippen LogP contribution in [0.1, 0.15) is 31.4 Å². The first-order valence-corrected chi connectivity index (χ1v) is 9.36. The summed E-state index contributed by atoms with van der Waals surface area (Å²) in [7, 11) is 0. The van der Waals surface area contributed by atoms with Crippen LogP contribution in [0.25, 0.3) is 11.3 Å². The van der Waals surface area contributed by atoms with E-state index in [1.165, 1.54) is 0 Å². The van der Waals surface area contributed by atoms with Crippen LogP contribution in [0.4, 0.5) is 0 Å². The number of nitrogens with zero attached hydrogens (tertiary/aromatic N) is 1. The molecule has 7 nitrogen and oxygen atoms in total. The van der Waals surface area contributed by atoms with Crippen molar-refractivity contribution in [1.29, 1.82) is 0 Å². The number of carboxylic acids is 1. The highest BCUT2D eigenvalue weighted by molar-refractivity contribution is 5.80. The summed E-state index contributed by atoms with van der Waals surface area (Å²) in [5.74, 6) is -0.227. The summed E-state index contributed by atoms with van der Waals surface area (Å²) in [6.07, 6.45) is 2.68. The highest BCUT2D eigenvalue weighted by Gasteiger charge is 2.39. The molecule has 0 spiro atoms. The summed E-state index contributed by atoms with van der Waals surface area (Å²) in [5, 5.41) is 19.3. The molecule has 3 N–H and O–H groups in total. The van der Waals surface area contributed by atoms with Gasteiger partial charge in [0.15, 0.2) is 5.76 Å². The standard InChI is InChI=1S/C20H23N3O4/c24-19(22-16-8-14(9-16)20(25)26)13-6-15(7-13)21-11-17-10-18(23-27-17)12-4-2-1-3-5-12/h1-5,10,13-16,21H,6-9,11H2,(H,22,24)(H,25,26). The van der Waals surface area contributed by atoms with Gasteiger partial charge in [0.05, 0.1) is 12.5 Å². The van der Waals surface area contributed by atoms with Gasteiger partial charge in [-0.25, -0.2) is 0 Å². The van der Waals surface area contributed by atoms with Crippen LogP contribution in [-0.2, 0) is 16.1 Å². The highest BCUT2D eigenvalue weighted by Crippen LogP contribution is 2.31. The van der Waals surface area contributed by atoms with Crippen molar-refractivity contribution in [2.24, 2.45) is 11.8 Å². The SMILES string of the molecule is O=C(O)C1CC(NC(=O)C2CC(NCc3cc(-c4ccccc4)no3)C2)C1. The first kappa shape index (κ1) is 17.7. The second-order valence-corrected chi connectivity index (χ2v) is 7.50. The van der Waals surface area contributed by atoms with E-state index in [-0.39, 0.29) is 23.8 Å². The van der Waals surface area contributed by atoms with Gasteiger partial charge in [-0.15, -0.1) is 0 Å².